The minimum atomic E-state index is 0.187. The first-order valence-electron chi connectivity index (χ1n) is 11.6. The fourth-order valence-electron chi connectivity index (χ4n) is 4.43. The van der Waals surface area contributed by atoms with E-state index in [2.05, 4.69) is 46.2 Å². The number of rotatable bonds is 9. The largest absolute Gasteiger partial charge is 0.338 e. The number of likely N-dealkylation sites (tertiary alicyclic amines) is 1. The van der Waals surface area contributed by atoms with Crippen LogP contribution in [0.1, 0.15) is 36.0 Å². The zero-order valence-electron chi connectivity index (χ0n) is 18.9. The van der Waals surface area contributed by atoms with Gasteiger partial charge in [0.2, 0.25) is 5.91 Å². The molecule has 4 rings (SSSR count). The average Bonchev–Trinajstić information content (AvgIpc) is 3.34. The number of aryl methyl sites for hydroxylation is 2. The first kappa shape index (κ1) is 22.2. The van der Waals surface area contributed by atoms with Crippen LogP contribution in [0, 0.1) is 12.8 Å². The van der Waals surface area contributed by atoms with Crippen LogP contribution in [0.25, 0.3) is 0 Å². The van der Waals surface area contributed by atoms with Crippen molar-refractivity contribution in [2.24, 2.45) is 5.92 Å². The first-order chi connectivity index (χ1) is 15.7. The van der Waals surface area contributed by atoms with Gasteiger partial charge in [-0.1, -0.05) is 30.3 Å². The number of nitrogens with zero attached hydrogens (tertiary/aromatic N) is 5. The zero-order chi connectivity index (χ0) is 22.2. The number of piperidine rings is 1. The molecule has 3 aromatic rings. The van der Waals surface area contributed by atoms with Crippen LogP contribution in [0.3, 0.4) is 0 Å². The van der Waals surface area contributed by atoms with Crippen molar-refractivity contribution in [1.29, 1.82) is 0 Å². The molecule has 0 saturated carbocycles. The van der Waals surface area contributed by atoms with Gasteiger partial charge in [0.1, 0.15) is 0 Å². The molecule has 32 heavy (non-hydrogen) atoms. The molecule has 1 aromatic carbocycles. The molecule has 0 aliphatic carbocycles. The number of benzene rings is 1. The van der Waals surface area contributed by atoms with Crippen molar-refractivity contribution >= 4 is 5.91 Å². The Kier molecular flexibility index (Phi) is 7.67. The summed E-state index contributed by atoms with van der Waals surface area (Å²) < 4.78 is 1.82. The van der Waals surface area contributed by atoms with Crippen LogP contribution in [0.5, 0.6) is 0 Å². The minimum absolute atomic E-state index is 0.187. The van der Waals surface area contributed by atoms with Gasteiger partial charge in [0.25, 0.3) is 0 Å². The van der Waals surface area contributed by atoms with Crippen molar-refractivity contribution in [3.05, 3.63) is 83.9 Å². The van der Waals surface area contributed by atoms with Crippen molar-refractivity contribution in [3.8, 4) is 0 Å². The summed E-state index contributed by atoms with van der Waals surface area (Å²) in [5.74, 6) is 0.722. The molecule has 6 nitrogen and oxygen atoms in total. The molecule has 6 heteroatoms. The molecule has 0 radical (unpaired) electrons. The van der Waals surface area contributed by atoms with Crippen molar-refractivity contribution in [2.45, 2.75) is 45.8 Å². The molecule has 0 N–H and O–H groups in total. The number of carbonyl (C=O) groups excluding carboxylic acids is 1. The van der Waals surface area contributed by atoms with Gasteiger partial charge in [-0.05, 0) is 67.6 Å². The second-order valence-electron chi connectivity index (χ2n) is 8.80. The van der Waals surface area contributed by atoms with Crippen LogP contribution < -0.4 is 0 Å². The Balaban J connectivity index is 1.33. The van der Waals surface area contributed by atoms with Crippen LogP contribution in [0.15, 0.2) is 67.3 Å². The van der Waals surface area contributed by atoms with Gasteiger partial charge in [-0.3, -0.25) is 19.4 Å². The minimum Gasteiger partial charge on any atom is -0.338 e. The number of hydrogen-bond acceptors (Lipinski definition) is 4. The molecule has 0 spiro atoms. The fourth-order valence-corrected chi connectivity index (χ4v) is 4.43. The SMILES string of the molecule is Cc1ccccc1CN1CCC(CN(Cc2cccnc2)C(=O)CCn2cccn2)CC1. The molecular weight excluding hydrogens is 398 g/mol. The van der Waals surface area contributed by atoms with Crippen LogP contribution >= 0.6 is 0 Å². The molecule has 1 aliphatic rings. The predicted octanol–water partition coefficient (Wildman–Crippen LogP) is 3.92. The standard InChI is InChI=1S/C26H33N5O/c1-22-6-2-3-8-25(22)21-29-15-9-23(10-16-29)19-30(20-24-7-4-12-27-18-24)26(32)11-17-31-14-5-13-28-31/h2-8,12-14,18,23H,9-11,15-17,19-21H2,1H3. The number of carbonyl (C=O) groups is 1. The Morgan fingerprint density at radius 3 is 2.66 bits per heavy atom. The molecule has 1 saturated heterocycles. The molecule has 1 fully saturated rings. The number of amides is 1. The van der Waals surface area contributed by atoms with E-state index in [0.29, 0.717) is 25.4 Å². The molecule has 0 atom stereocenters. The third-order valence-electron chi connectivity index (χ3n) is 6.40. The van der Waals surface area contributed by atoms with Gasteiger partial charge in [-0.15, -0.1) is 0 Å². The maximum atomic E-state index is 13.1. The van der Waals surface area contributed by atoms with Crippen LogP contribution in [-0.4, -0.2) is 50.1 Å². The molecular formula is C26H33N5O. The molecule has 1 aliphatic heterocycles. The molecule has 3 heterocycles. The van der Waals surface area contributed by atoms with E-state index in [0.717, 1.165) is 44.6 Å². The van der Waals surface area contributed by atoms with Crippen molar-refractivity contribution < 1.29 is 4.79 Å². The van der Waals surface area contributed by atoms with Gasteiger partial charge in [0.05, 0.1) is 0 Å². The molecule has 0 bridgehead atoms. The van der Waals surface area contributed by atoms with Crippen molar-refractivity contribution in [1.82, 2.24) is 24.6 Å². The van der Waals surface area contributed by atoms with Gasteiger partial charge >= 0.3 is 0 Å². The highest BCUT2D eigenvalue weighted by Crippen LogP contribution is 2.22. The van der Waals surface area contributed by atoms with Crippen LogP contribution in [-0.2, 0) is 24.4 Å². The Morgan fingerprint density at radius 2 is 1.94 bits per heavy atom. The van der Waals surface area contributed by atoms with Gasteiger partial charge in [-0.2, -0.15) is 5.10 Å². The smallest absolute Gasteiger partial charge is 0.224 e. The third-order valence-corrected chi connectivity index (χ3v) is 6.40. The summed E-state index contributed by atoms with van der Waals surface area (Å²) in [5, 5.41) is 4.23. The molecule has 2 aromatic heterocycles. The number of pyridine rings is 1. The fraction of sp³-hybridized carbons (Fsp3) is 0.423. The lowest BCUT2D eigenvalue weighted by Crippen LogP contribution is -2.40. The maximum Gasteiger partial charge on any atom is 0.224 e. The molecule has 0 unspecified atom stereocenters. The highest BCUT2D eigenvalue weighted by atomic mass is 16.2. The van der Waals surface area contributed by atoms with Gasteiger partial charge < -0.3 is 4.90 Å². The Morgan fingerprint density at radius 1 is 1.09 bits per heavy atom. The topological polar surface area (TPSA) is 54.3 Å². The van der Waals surface area contributed by atoms with E-state index in [1.54, 1.807) is 12.4 Å². The Bertz CT molecular complexity index is 965. The summed E-state index contributed by atoms with van der Waals surface area (Å²) >= 11 is 0. The summed E-state index contributed by atoms with van der Waals surface area (Å²) in [5.41, 5.74) is 3.86. The second kappa shape index (κ2) is 11.0. The van der Waals surface area contributed by atoms with Gasteiger partial charge in [-0.25, -0.2) is 0 Å². The van der Waals surface area contributed by atoms with E-state index in [9.17, 15) is 4.79 Å². The lowest BCUT2D eigenvalue weighted by molar-refractivity contribution is -0.133. The van der Waals surface area contributed by atoms with E-state index >= 15 is 0 Å². The van der Waals surface area contributed by atoms with E-state index in [1.165, 1.54) is 11.1 Å². The number of aromatic nitrogens is 3. The monoisotopic (exact) mass is 431 g/mol. The second-order valence-corrected chi connectivity index (χ2v) is 8.80. The average molecular weight is 432 g/mol. The van der Waals surface area contributed by atoms with E-state index in [1.807, 2.05) is 40.2 Å². The van der Waals surface area contributed by atoms with Crippen LogP contribution in [0.2, 0.25) is 0 Å². The van der Waals surface area contributed by atoms with Crippen molar-refractivity contribution in [3.63, 3.8) is 0 Å². The summed E-state index contributed by atoms with van der Waals surface area (Å²) in [6, 6.07) is 14.5. The number of hydrogen-bond donors (Lipinski definition) is 0. The summed E-state index contributed by atoms with van der Waals surface area (Å²) in [6.45, 7) is 7.42. The quantitative estimate of drug-likeness (QED) is 0.515. The third kappa shape index (κ3) is 6.26. The summed E-state index contributed by atoms with van der Waals surface area (Å²) in [6.07, 6.45) is 10.0. The Hall–Kier alpha value is -2.99. The van der Waals surface area contributed by atoms with Crippen molar-refractivity contribution in [2.75, 3.05) is 19.6 Å². The first-order valence-corrected chi connectivity index (χ1v) is 11.6. The van der Waals surface area contributed by atoms with E-state index in [-0.39, 0.29) is 5.91 Å². The summed E-state index contributed by atoms with van der Waals surface area (Å²) in [4.78, 5) is 21.9. The lowest BCUT2D eigenvalue weighted by atomic mass is 9.95. The predicted molar refractivity (Wildman–Crippen MR) is 126 cm³/mol. The molecule has 168 valence electrons. The molecule has 1 amide bonds. The Labute approximate surface area is 190 Å². The van der Waals surface area contributed by atoms with E-state index in [4.69, 9.17) is 0 Å². The normalized spacial score (nSPS) is 15.0. The maximum absolute atomic E-state index is 13.1. The van der Waals surface area contributed by atoms with Crippen LogP contribution in [0.4, 0.5) is 0 Å². The van der Waals surface area contributed by atoms with Gasteiger partial charge in [0, 0.05) is 57.4 Å². The highest BCUT2D eigenvalue weighted by Gasteiger charge is 2.24. The highest BCUT2D eigenvalue weighted by molar-refractivity contribution is 5.76. The van der Waals surface area contributed by atoms with Gasteiger partial charge in [0.15, 0.2) is 0 Å². The zero-order valence-corrected chi connectivity index (χ0v) is 18.9. The van der Waals surface area contributed by atoms with E-state index < -0.39 is 0 Å². The lowest BCUT2D eigenvalue weighted by Gasteiger charge is -2.35. The summed E-state index contributed by atoms with van der Waals surface area (Å²) in [7, 11) is 0.